The van der Waals surface area contributed by atoms with E-state index in [-0.39, 0.29) is 0 Å². The topological polar surface area (TPSA) is 12.0 Å². The van der Waals surface area contributed by atoms with Gasteiger partial charge in [-0.25, -0.2) is 0 Å². The van der Waals surface area contributed by atoms with Gasteiger partial charge in [0.15, 0.2) is 0 Å². The second kappa shape index (κ2) is 5.96. The Morgan fingerprint density at radius 3 is 2.76 bits per heavy atom. The van der Waals surface area contributed by atoms with E-state index in [4.69, 9.17) is 11.6 Å². The van der Waals surface area contributed by atoms with E-state index >= 15 is 0 Å². The Labute approximate surface area is 121 Å². The molecule has 1 aromatic carbocycles. The standard InChI is InChI=1S/C13H17BrClNS/c1-17-13(5-2-6-13)9-16-8-10-3-4-12(15)11(14)7-10/h3-4,7,16H,2,5-6,8-9H2,1H3. The van der Waals surface area contributed by atoms with Crippen LogP contribution in [0.1, 0.15) is 24.8 Å². The van der Waals surface area contributed by atoms with Gasteiger partial charge in [-0.15, -0.1) is 0 Å². The molecule has 1 nitrogen and oxygen atoms in total. The number of benzene rings is 1. The zero-order valence-electron chi connectivity index (χ0n) is 9.93. The highest BCUT2D eigenvalue weighted by Crippen LogP contribution is 2.42. The molecule has 2 rings (SSSR count). The SMILES string of the molecule is CSC1(CNCc2ccc(Cl)c(Br)c2)CCC1. The second-order valence-corrected chi connectivity index (χ2v) is 7.13. The molecule has 0 bridgehead atoms. The molecule has 0 aliphatic heterocycles. The van der Waals surface area contributed by atoms with Crippen molar-refractivity contribution in [3.63, 3.8) is 0 Å². The van der Waals surface area contributed by atoms with Gasteiger partial charge in [0.25, 0.3) is 0 Å². The van der Waals surface area contributed by atoms with Gasteiger partial charge >= 0.3 is 0 Å². The van der Waals surface area contributed by atoms with Crippen molar-refractivity contribution in [3.05, 3.63) is 33.3 Å². The third-order valence-corrected chi connectivity index (χ3v) is 6.09. The van der Waals surface area contributed by atoms with Crippen LogP contribution < -0.4 is 5.32 Å². The zero-order chi connectivity index (χ0) is 12.3. The summed E-state index contributed by atoms with van der Waals surface area (Å²) in [5.41, 5.74) is 1.27. The average molecular weight is 335 g/mol. The van der Waals surface area contributed by atoms with E-state index in [1.54, 1.807) is 0 Å². The van der Waals surface area contributed by atoms with E-state index in [2.05, 4.69) is 39.6 Å². The van der Waals surface area contributed by atoms with Crippen LogP contribution in [-0.4, -0.2) is 17.5 Å². The lowest BCUT2D eigenvalue weighted by atomic mass is 9.84. The minimum absolute atomic E-state index is 0.504. The normalized spacial score (nSPS) is 17.8. The van der Waals surface area contributed by atoms with E-state index in [0.717, 1.165) is 22.6 Å². The van der Waals surface area contributed by atoms with Gasteiger partial charge in [-0.3, -0.25) is 0 Å². The van der Waals surface area contributed by atoms with E-state index in [1.165, 1.54) is 24.8 Å². The highest BCUT2D eigenvalue weighted by atomic mass is 79.9. The quantitative estimate of drug-likeness (QED) is 0.852. The van der Waals surface area contributed by atoms with E-state index in [0.29, 0.717) is 4.75 Å². The summed E-state index contributed by atoms with van der Waals surface area (Å²) in [4.78, 5) is 0. The largest absolute Gasteiger partial charge is 0.311 e. The van der Waals surface area contributed by atoms with Crippen LogP contribution in [0, 0.1) is 0 Å². The maximum Gasteiger partial charge on any atom is 0.0548 e. The number of hydrogen-bond acceptors (Lipinski definition) is 2. The Morgan fingerprint density at radius 2 is 2.24 bits per heavy atom. The molecule has 1 saturated carbocycles. The lowest BCUT2D eigenvalue weighted by Gasteiger charge is -2.40. The first-order valence-corrected chi connectivity index (χ1v) is 8.25. The summed E-state index contributed by atoms with van der Waals surface area (Å²) in [6.45, 7) is 2.02. The van der Waals surface area contributed by atoms with Gasteiger partial charge in [0.05, 0.1) is 5.02 Å². The molecule has 0 aromatic heterocycles. The van der Waals surface area contributed by atoms with Crippen LogP contribution >= 0.6 is 39.3 Å². The van der Waals surface area contributed by atoms with Gasteiger partial charge in [-0.1, -0.05) is 24.1 Å². The molecule has 1 fully saturated rings. The summed E-state index contributed by atoms with van der Waals surface area (Å²) < 4.78 is 1.48. The van der Waals surface area contributed by atoms with Gasteiger partial charge in [0.1, 0.15) is 0 Å². The molecule has 0 heterocycles. The van der Waals surface area contributed by atoms with Gasteiger partial charge in [-0.2, -0.15) is 11.8 Å². The third-order valence-electron chi connectivity index (χ3n) is 3.46. The van der Waals surface area contributed by atoms with Crippen LogP contribution in [0.4, 0.5) is 0 Å². The fourth-order valence-electron chi connectivity index (χ4n) is 2.11. The number of hydrogen-bond donors (Lipinski definition) is 1. The molecule has 1 N–H and O–H groups in total. The van der Waals surface area contributed by atoms with Gasteiger partial charge in [-0.05, 0) is 52.7 Å². The highest BCUT2D eigenvalue weighted by molar-refractivity contribution is 9.10. The van der Waals surface area contributed by atoms with Crippen molar-refractivity contribution in [2.75, 3.05) is 12.8 Å². The molecule has 1 aromatic rings. The van der Waals surface area contributed by atoms with Crippen LogP contribution in [-0.2, 0) is 6.54 Å². The minimum atomic E-state index is 0.504. The molecule has 0 atom stereocenters. The van der Waals surface area contributed by atoms with Crippen molar-refractivity contribution in [2.45, 2.75) is 30.6 Å². The fourth-order valence-corrected chi connectivity index (χ4v) is 3.60. The molecule has 1 aliphatic rings. The first-order valence-electron chi connectivity index (χ1n) is 5.85. The Balaban J connectivity index is 1.83. The number of halogens is 2. The van der Waals surface area contributed by atoms with E-state index in [9.17, 15) is 0 Å². The third kappa shape index (κ3) is 3.40. The predicted molar refractivity (Wildman–Crippen MR) is 81.0 cm³/mol. The lowest BCUT2D eigenvalue weighted by molar-refractivity contribution is 0.345. The molecule has 0 saturated heterocycles. The summed E-state index contributed by atoms with van der Waals surface area (Å²) in [5, 5.41) is 4.33. The molecular weight excluding hydrogens is 318 g/mol. The number of rotatable bonds is 5. The molecule has 94 valence electrons. The predicted octanol–water partition coefficient (Wildman–Crippen LogP) is 4.48. The van der Waals surface area contributed by atoms with Crippen LogP contribution in [0.5, 0.6) is 0 Å². The summed E-state index contributed by atoms with van der Waals surface area (Å²) in [5.74, 6) is 0. The van der Waals surface area contributed by atoms with Crippen LogP contribution in [0.25, 0.3) is 0 Å². The van der Waals surface area contributed by atoms with Gasteiger partial charge < -0.3 is 5.32 Å². The summed E-state index contributed by atoms with van der Waals surface area (Å²) in [6, 6.07) is 6.10. The van der Waals surface area contributed by atoms with Crippen molar-refractivity contribution in [1.82, 2.24) is 5.32 Å². The molecular formula is C13H17BrClNS. The van der Waals surface area contributed by atoms with Crippen molar-refractivity contribution in [1.29, 1.82) is 0 Å². The summed E-state index contributed by atoms with van der Waals surface area (Å²) in [7, 11) is 0. The first kappa shape index (κ1) is 13.7. The highest BCUT2D eigenvalue weighted by Gasteiger charge is 2.35. The minimum Gasteiger partial charge on any atom is -0.311 e. The Morgan fingerprint density at radius 1 is 1.47 bits per heavy atom. The Bertz CT molecular complexity index is 387. The first-order chi connectivity index (χ1) is 8.15. The lowest BCUT2D eigenvalue weighted by Crippen LogP contribution is -2.43. The van der Waals surface area contributed by atoms with Crippen molar-refractivity contribution >= 4 is 39.3 Å². The molecule has 0 unspecified atom stereocenters. The number of thioether (sulfide) groups is 1. The molecule has 1 aliphatic carbocycles. The van der Waals surface area contributed by atoms with Crippen molar-refractivity contribution < 1.29 is 0 Å². The molecule has 17 heavy (non-hydrogen) atoms. The molecule has 0 radical (unpaired) electrons. The summed E-state index contributed by atoms with van der Waals surface area (Å²) in [6.07, 6.45) is 6.31. The molecule has 0 amide bonds. The maximum absolute atomic E-state index is 5.97. The number of nitrogens with one attached hydrogen (secondary N) is 1. The Kier molecular flexibility index (Phi) is 4.81. The maximum atomic E-state index is 5.97. The average Bonchev–Trinajstić information content (AvgIpc) is 2.27. The van der Waals surface area contributed by atoms with Crippen LogP contribution in [0.15, 0.2) is 22.7 Å². The molecule has 4 heteroatoms. The smallest absolute Gasteiger partial charge is 0.0548 e. The van der Waals surface area contributed by atoms with Crippen LogP contribution in [0.2, 0.25) is 5.02 Å². The summed E-state index contributed by atoms with van der Waals surface area (Å²) >= 11 is 11.4. The molecule has 0 spiro atoms. The Hall–Kier alpha value is 0.300. The zero-order valence-corrected chi connectivity index (χ0v) is 13.1. The van der Waals surface area contributed by atoms with Crippen molar-refractivity contribution in [3.8, 4) is 0 Å². The fraction of sp³-hybridized carbons (Fsp3) is 0.538. The monoisotopic (exact) mass is 333 g/mol. The van der Waals surface area contributed by atoms with Crippen molar-refractivity contribution in [2.24, 2.45) is 0 Å². The van der Waals surface area contributed by atoms with E-state index < -0.39 is 0 Å². The second-order valence-electron chi connectivity index (χ2n) is 4.59. The van der Waals surface area contributed by atoms with Gasteiger partial charge in [0.2, 0.25) is 0 Å². The van der Waals surface area contributed by atoms with Gasteiger partial charge in [0, 0.05) is 22.3 Å². The van der Waals surface area contributed by atoms with E-state index in [1.807, 2.05) is 17.8 Å². The van der Waals surface area contributed by atoms with Crippen LogP contribution in [0.3, 0.4) is 0 Å².